The van der Waals surface area contributed by atoms with Gasteiger partial charge in [-0.2, -0.15) is 0 Å². The number of para-hydroxylation sites is 3. The summed E-state index contributed by atoms with van der Waals surface area (Å²) in [5, 5.41) is 12.9. The molecule has 0 unspecified atom stereocenters. The highest BCUT2D eigenvalue weighted by atomic mass is 16.7. The van der Waals surface area contributed by atoms with Crippen molar-refractivity contribution in [2.24, 2.45) is 5.92 Å². The minimum absolute atomic E-state index is 0.109. The molecule has 0 N–H and O–H groups in total. The Bertz CT molecular complexity index is 1250. The first kappa shape index (κ1) is 20.7. The Morgan fingerprint density at radius 3 is 2.39 bits per heavy atom. The molecule has 9 nitrogen and oxygen atoms in total. The molecule has 3 aromatic rings. The monoisotopic (exact) mass is 445 g/mol. The molecule has 2 amide bonds. The van der Waals surface area contributed by atoms with Gasteiger partial charge in [0.1, 0.15) is 11.7 Å². The van der Waals surface area contributed by atoms with E-state index in [4.69, 9.17) is 9.57 Å². The van der Waals surface area contributed by atoms with E-state index in [1.807, 2.05) is 18.2 Å². The van der Waals surface area contributed by atoms with Crippen LogP contribution in [0.2, 0.25) is 0 Å². The number of nitrogens with zero attached hydrogens (tertiary/aromatic N) is 3. The van der Waals surface area contributed by atoms with Crippen LogP contribution in [0.3, 0.4) is 0 Å². The van der Waals surface area contributed by atoms with E-state index in [9.17, 15) is 19.7 Å². The van der Waals surface area contributed by atoms with Gasteiger partial charge in [-0.15, -0.1) is 0 Å². The molecule has 3 aromatic carbocycles. The highest BCUT2D eigenvalue weighted by Crippen LogP contribution is 2.48. The van der Waals surface area contributed by atoms with Crippen molar-refractivity contribution in [1.29, 1.82) is 0 Å². The summed E-state index contributed by atoms with van der Waals surface area (Å²) in [7, 11) is 1.46. The van der Waals surface area contributed by atoms with Gasteiger partial charge in [-0.05, 0) is 29.8 Å². The van der Waals surface area contributed by atoms with Crippen LogP contribution >= 0.6 is 0 Å². The molecule has 2 fully saturated rings. The molecule has 0 radical (unpaired) electrons. The van der Waals surface area contributed by atoms with E-state index in [1.54, 1.807) is 48.5 Å². The number of fused-ring (bicyclic) bond motifs is 1. The summed E-state index contributed by atoms with van der Waals surface area (Å²) in [5.74, 6) is -1.48. The van der Waals surface area contributed by atoms with Gasteiger partial charge in [-0.1, -0.05) is 42.5 Å². The third-order valence-electron chi connectivity index (χ3n) is 5.87. The zero-order valence-electron chi connectivity index (χ0n) is 17.5. The summed E-state index contributed by atoms with van der Waals surface area (Å²) in [6, 6.07) is 21.1. The molecule has 5 rings (SSSR count). The normalized spacial score (nSPS) is 21.9. The zero-order valence-corrected chi connectivity index (χ0v) is 17.5. The van der Waals surface area contributed by atoms with Gasteiger partial charge in [-0.25, -0.2) is 9.96 Å². The fraction of sp³-hybridized carbons (Fsp3) is 0.167. The van der Waals surface area contributed by atoms with Crippen LogP contribution in [-0.4, -0.2) is 30.0 Å². The number of carbonyl (C=O) groups is 2. The Balaban J connectivity index is 1.62. The number of methoxy groups -OCH3 is 1. The molecule has 2 aliphatic heterocycles. The fourth-order valence-electron chi connectivity index (χ4n) is 4.43. The number of hydrogen-bond acceptors (Lipinski definition) is 7. The molecular formula is C24H19N3O6. The number of carbonyl (C=O) groups excluding carboxylic acids is 2. The maximum absolute atomic E-state index is 13.7. The van der Waals surface area contributed by atoms with Crippen molar-refractivity contribution in [3.63, 3.8) is 0 Å². The summed E-state index contributed by atoms with van der Waals surface area (Å²) >= 11 is 0. The molecule has 3 atom stereocenters. The third-order valence-corrected chi connectivity index (χ3v) is 5.87. The number of non-ortho nitro benzene ring substituents is 1. The van der Waals surface area contributed by atoms with E-state index in [1.165, 1.54) is 24.3 Å². The minimum Gasteiger partial charge on any atom is -0.495 e. The van der Waals surface area contributed by atoms with Gasteiger partial charge >= 0.3 is 0 Å². The molecule has 9 heteroatoms. The molecule has 33 heavy (non-hydrogen) atoms. The van der Waals surface area contributed by atoms with Crippen LogP contribution in [0.1, 0.15) is 11.6 Å². The summed E-state index contributed by atoms with van der Waals surface area (Å²) < 4.78 is 5.35. The van der Waals surface area contributed by atoms with Gasteiger partial charge in [0.2, 0.25) is 5.91 Å². The second kappa shape index (κ2) is 8.03. The van der Waals surface area contributed by atoms with Crippen LogP contribution in [-0.2, 0) is 14.4 Å². The molecule has 0 aromatic heterocycles. The zero-order chi connectivity index (χ0) is 23.1. The van der Waals surface area contributed by atoms with E-state index in [-0.39, 0.29) is 5.69 Å². The molecule has 0 spiro atoms. The SMILES string of the molecule is COc1ccccc1N1C(=O)[C@@H]2[C@@H](ON(c3ccccc3)[C@H]2c2cccc([N+](=O)[O-])c2)C1=O. The molecule has 166 valence electrons. The Morgan fingerprint density at radius 2 is 1.67 bits per heavy atom. The molecule has 0 saturated carbocycles. The summed E-state index contributed by atoms with van der Waals surface area (Å²) in [4.78, 5) is 45.1. The van der Waals surface area contributed by atoms with Gasteiger partial charge in [-0.3, -0.25) is 24.5 Å². The summed E-state index contributed by atoms with van der Waals surface area (Å²) in [5.41, 5.74) is 1.36. The number of hydrogen-bond donors (Lipinski definition) is 0. The third kappa shape index (κ3) is 3.30. The van der Waals surface area contributed by atoms with E-state index >= 15 is 0 Å². The largest absolute Gasteiger partial charge is 0.495 e. The van der Waals surface area contributed by atoms with Crippen molar-refractivity contribution in [2.75, 3.05) is 17.1 Å². The van der Waals surface area contributed by atoms with Crippen molar-refractivity contribution in [3.05, 3.63) is 94.5 Å². The van der Waals surface area contributed by atoms with E-state index in [0.717, 1.165) is 4.90 Å². The average molecular weight is 445 g/mol. The van der Waals surface area contributed by atoms with Crippen molar-refractivity contribution in [3.8, 4) is 5.75 Å². The van der Waals surface area contributed by atoms with Crippen molar-refractivity contribution >= 4 is 28.9 Å². The van der Waals surface area contributed by atoms with Crippen LogP contribution in [0, 0.1) is 16.0 Å². The smallest absolute Gasteiger partial charge is 0.269 e. The van der Waals surface area contributed by atoms with Gasteiger partial charge in [0.05, 0.1) is 29.4 Å². The predicted molar refractivity (Wildman–Crippen MR) is 119 cm³/mol. The first-order valence-electron chi connectivity index (χ1n) is 10.3. The van der Waals surface area contributed by atoms with Crippen molar-refractivity contribution in [1.82, 2.24) is 0 Å². The Morgan fingerprint density at radius 1 is 0.939 bits per heavy atom. The molecule has 0 aliphatic carbocycles. The van der Waals surface area contributed by atoms with Crippen LogP contribution in [0.4, 0.5) is 17.1 Å². The second-order valence-corrected chi connectivity index (χ2v) is 7.69. The molecule has 0 bridgehead atoms. The number of rotatable bonds is 5. The minimum atomic E-state index is -1.08. The molecule has 2 aliphatic rings. The Hall–Kier alpha value is -4.24. The van der Waals surface area contributed by atoms with Crippen LogP contribution < -0.4 is 14.7 Å². The topological polar surface area (TPSA) is 102 Å². The lowest BCUT2D eigenvalue weighted by Gasteiger charge is -2.29. The number of anilines is 2. The van der Waals surface area contributed by atoms with Gasteiger partial charge in [0, 0.05) is 12.1 Å². The van der Waals surface area contributed by atoms with E-state index in [2.05, 4.69) is 0 Å². The summed E-state index contributed by atoms with van der Waals surface area (Å²) in [6.07, 6.45) is -1.08. The summed E-state index contributed by atoms with van der Waals surface area (Å²) in [6.45, 7) is 0. The lowest BCUT2D eigenvalue weighted by Crippen LogP contribution is -2.37. The molecular weight excluding hydrogens is 426 g/mol. The number of hydroxylamine groups is 1. The van der Waals surface area contributed by atoms with Crippen LogP contribution in [0.5, 0.6) is 5.75 Å². The lowest BCUT2D eigenvalue weighted by molar-refractivity contribution is -0.384. The quantitative estimate of drug-likeness (QED) is 0.336. The number of ether oxygens (including phenoxy) is 1. The van der Waals surface area contributed by atoms with Crippen LogP contribution in [0.25, 0.3) is 0 Å². The molecule has 2 saturated heterocycles. The lowest BCUT2D eigenvalue weighted by atomic mass is 9.90. The number of imide groups is 1. The Kier molecular flexibility index (Phi) is 5.02. The van der Waals surface area contributed by atoms with Crippen LogP contribution in [0.15, 0.2) is 78.9 Å². The number of nitro groups is 1. The first-order chi connectivity index (χ1) is 16.0. The Labute approximate surface area is 188 Å². The van der Waals surface area contributed by atoms with E-state index in [0.29, 0.717) is 22.7 Å². The van der Waals surface area contributed by atoms with Gasteiger partial charge in [0.25, 0.3) is 11.6 Å². The number of nitro benzene ring substituents is 1. The first-order valence-corrected chi connectivity index (χ1v) is 10.3. The average Bonchev–Trinajstić information content (AvgIpc) is 3.35. The highest BCUT2D eigenvalue weighted by Gasteiger charge is 2.60. The van der Waals surface area contributed by atoms with E-state index < -0.39 is 34.8 Å². The number of amides is 2. The molecule has 2 heterocycles. The number of benzene rings is 3. The van der Waals surface area contributed by atoms with Gasteiger partial charge in [0.15, 0.2) is 6.10 Å². The second-order valence-electron chi connectivity index (χ2n) is 7.69. The standard InChI is InChI=1S/C24H19N3O6/c1-32-19-13-6-5-12-18(19)25-23(28)20-21(15-8-7-11-17(14-15)27(30)31)26(33-22(20)24(25)29)16-9-3-2-4-10-16/h2-14,20-22H,1H3/t20-,21-,22+/m0/s1. The predicted octanol–water partition coefficient (Wildman–Crippen LogP) is 3.65. The van der Waals surface area contributed by atoms with Crippen molar-refractivity contribution < 1.29 is 24.1 Å². The highest BCUT2D eigenvalue weighted by molar-refractivity contribution is 6.24. The maximum Gasteiger partial charge on any atom is 0.269 e. The fourth-order valence-corrected chi connectivity index (χ4v) is 4.43. The maximum atomic E-state index is 13.7. The van der Waals surface area contributed by atoms with Gasteiger partial charge < -0.3 is 4.74 Å². The van der Waals surface area contributed by atoms with Crippen molar-refractivity contribution in [2.45, 2.75) is 12.1 Å².